The lowest BCUT2D eigenvalue weighted by Crippen LogP contribution is -2.12. The Morgan fingerprint density at radius 1 is 0.848 bits per heavy atom. The molecule has 0 aliphatic rings. The molecule has 0 saturated heterocycles. The van der Waals surface area contributed by atoms with Crippen LogP contribution in [0.1, 0.15) is 21.8 Å². The summed E-state index contributed by atoms with van der Waals surface area (Å²) in [5.41, 5.74) is 5.34. The average molecular weight is 463 g/mol. The second kappa shape index (κ2) is 8.87. The third kappa shape index (κ3) is 5.45. The number of hydrogen-bond acceptors (Lipinski definition) is 6. The number of benzene rings is 3. The molecule has 1 heterocycles. The number of anilines is 2. The Kier molecular flexibility index (Phi) is 5.97. The summed E-state index contributed by atoms with van der Waals surface area (Å²) in [5, 5.41) is 10.8. The van der Waals surface area contributed by atoms with Gasteiger partial charge in [0.1, 0.15) is 0 Å². The summed E-state index contributed by atoms with van der Waals surface area (Å²) in [6.07, 6.45) is 1.08. The summed E-state index contributed by atoms with van der Waals surface area (Å²) in [6.45, 7) is 3.76. The number of carbonyl (C=O) groups is 1. The van der Waals surface area contributed by atoms with Gasteiger partial charge in [0.15, 0.2) is 0 Å². The maximum Gasteiger partial charge on any atom is 0.255 e. The van der Waals surface area contributed by atoms with E-state index in [0.29, 0.717) is 28.7 Å². The van der Waals surface area contributed by atoms with Crippen molar-refractivity contribution in [1.82, 2.24) is 10.2 Å². The van der Waals surface area contributed by atoms with E-state index < -0.39 is 10.0 Å². The highest BCUT2D eigenvalue weighted by Crippen LogP contribution is 2.29. The summed E-state index contributed by atoms with van der Waals surface area (Å²) in [5.74, 6) is 0.698. The molecule has 0 radical (unpaired) electrons. The SMILES string of the molecule is Cc1nnc(-c2ccc(C)c(-c3ccc(C(=O)Nc4ccc(NS(C)(=O)=O)cc4)cc3)c2)o1. The van der Waals surface area contributed by atoms with Gasteiger partial charge in [-0.3, -0.25) is 9.52 Å². The Labute approximate surface area is 191 Å². The van der Waals surface area contributed by atoms with Crippen LogP contribution in [-0.4, -0.2) is 30.8 Å². The van der Waals surface area contributed by atoms with Crippen LogP contribution >= 0.6 is 0 Å². The Balaban J connectivity index is 1.50. The fourth-order valence-corrected chi connectivity index (χ4v) is 3.88. The van der Waals surface area contributed by atoms with Crippen molar-refractivity contribution in [2.24, 2.45) is 0 Å². The van der Waals surface area contributed by atoms with E-state index >= 15 is 0 Å². The largest absolute Gasteiger partial charge is 0.421 e. The first-order chi connectivity index (χ1) is 15.7. The maximum absolute atomic E-state index is 12.6. The van der Waals surface area contributed by atoms with Crippen molar-refractivity contribution in [3.63, 3.8) is 0 Å². The van der Waals surface area contributed by atoms with E-state index in [1.807, 2.05) is 37.3 Å². The minimum absolute atomic E-state index is 0.266. The van der Waals surface area contributed by atoms with E-state index in [9.17, 15) is 13.2 Å². The molecule has 2 N–H and O–H groups in total. The number of aromatic nitrogens is 2. The minimum Gasteiger partial charge on any atom is -0.421 e. The zero-order chi connectivity index (χ0) is 23.6. The van der Waals surface area contributed by atoms with Crippen LogP contribution in [0.2, 0.25) is 0 Å². The smallest absolute Gasteiger partial charge is 0.255 e. The van der Waals surface area contributed by atoms with E-state index in [4.69, 9.17) is 4.42 Å². The van der Waals surface area contributed by atoms with Crippen molar-refractivity contribution >= 4 is 27.3 Å². The standard InChI is InChI=1S/C24H22N4O4S/c1-15-4-5-19(24-27-26-16(2)32-24)14-22(15)17-6-8-18(9-7-17)23(29)25-20-10-12-21(13-11-20)28-33(3,30)31/h4-14,28H,1-3H3,(H,25,29). The van der Waals surface area contributed by atoms with E-state index in [0.717, 1.165) is 28.5 Å². The molecule has 0 aliphatic heterocycles. The number of hydrogen-bond donors (Lipinski definition) is 2. The Hall–Kier alpha value is -3.98. The van der Waals surface area contributed by atoms with Gasteiger partial charge in [0.05, 0.1) is 6.26 Å². The van der Waals surface area contributed by atoms with Crippen LogP contribution < -0.4 is 10.0 Å². The number of aryl methyl sites for hydroxylation is 2. The van der Waals surface area contributed by atoms with E-state index in [1.54, 1.807) is 43.3 Å². The normalized spacial score (nSPS) is 11.2. The molecule has 0 saturated carbocycles. The third-order valence-corrected chi connectivity index (χ3v) is 5.52. The number of sulfonamides is 1. The quantitative estimate of drug-likeness (QED) is 0.431. The van der Waals surface area contributed by atoms with Crippen LogP contribution in [0.5, 0.6) is 0 Å². The molecule has 168 valence electrons. The van der Waals surface area contributed by atoms with Crippen LogP contribution in [0.25, 0.3) is 22.6 Å². The van der Waals surface area contributed by atoms with Gasteiger partial charge >= 0.3 is 0 Å². The molecule has 0 bridgehead atoms. The van der Waals surface area contributed by atoms with E-state index in [-0.39, 0.29) is 5.91 Å². The maximum atomic E-state index is 12.6. The predicted molar refractivity (Wildman–Crippen MR) is 128 cm³/mol. The van der Waals surface area contributed by atoms with Crippen LogP contribution in [0.4, 0.5) is 11.4 Å². The molecule has 4 rings (SSSR count). The molecular formula is C24H22N4O4S. The molecule has 8 nitrogen and oxygen atoms in total. The van der Waals surface area contributed by atoms with Gasteiger partial charge in [-0.1, -0.05) is 18.2 Å². The summed E-state index contributed by atoms with van der Waals surface area (Å²) in [7, 11) is -3.35. The highest BCUT2D eigenvalue weighted by atomic mass is 32.2. The molecule has 9 heteroatoms. The van der Waals surface area contributed by atoms with Crippen LogP contribution in [0.3, 0.4) is 0 Å². The van der Waals surface area contributed by atoms with E-state index in [2.05, 4.69) is 20.2 Å². The summed E-state index contributed by atoms with van der Waals surface area (Å²) in [4.78, 5) is 12.6. The van der Waals surface area contributed by atoms with Gasteiger partial charge < -0.3 is 9.73 Å². The second-order valence-electron chi connectivity index (χ2n) is 7.64. The summed E-state index contributed by atoms with van der Waals surface area (Å²) >= 11 is 0. The number of carbonyl (C=O) groups excluding carboxylic acids is 1. The van der Waals surface area contributed by atoms with Gasteiger partial charge in [-0.05, 0) is 72.1 Å². The Bertz CT molecular complexity index is 1410. The van der Waals surface area contributed by atoms with Crippen molar-refractivity contribution in [3.8, 4) is 22.6 Å². The van der Waals surface area contributed by atoms with Crippen LogP contribution in [0, 0.1) is 13.8 Å². The first-order valence-electron chi connectivity index (χ1n) is 10.1. The van der Waals surface area contributed by atoms with Gasteiger partial charge in [-0.25, -0.2) is 8.42 Å². The first-order valence-corrected chi connectivity index (χ1v) is 12.0. The fourth-order valence-electron chi connectivity index (χ4n) is 3.32. The van der Waals surface area contributed by atoms with Gasteiger partial charge in [-0.2, -0.15) is 0 Å². The van der Waals surface area contributed by atoms with Crippen molar-refractivity contribution < 1.29 is 17.6 Å². The molecular weight excluding hydrogens is 440 g/mol. The van der Waals surface area contributed by atoms with E-state index in [1.165, 1.54) is 0 Å². The first kappa shape index (κ1) is 22.2. The third-order valence-electron chi connectivity index (χ3n) is 4.91. The molecule has 0 unspecified atom stereocenters. The van der Waals surface area contributed by atoms with Gasteiger partial charge in [-0.15, -0.1) is 10.2 Å². The van der Waals surface area contributed by atoms with Crippen molar-refractivity contribution in [2.45, 2.75) is 13.8 Å². The lowest BCUT2D eigenvalue weighted by molar-refractivity contribution is 0.102. The number of rotatable bonds is 6. The summed E-state index contributed by atoms with van der Waals surface area (Å²) < 4.78 is 30.5. The highest BCUT2D eigenvalue weighted by Gasteiger charge is 2.12. The van der Waals surface area contributed by atoms with Crippen LogP contribution in [0.15, 0.2) is 71.1 Å². The minimum atomic E-state index is -3.35. The average Bonchev–Trinajstić information content (AvgIpc) is 3.21. The van der Waals surface area contributed by atoms with Crippen molar-refractivity contribution in [1.29, 1.82) is 0 Å². The Morgan fingerprint density at radius 2 is 1.48 bits per heavy atom. The second-order valence-corrected chi connectivity index (χ2v) is 9.39. The highest BCUT2D eigenvalue weighted by molar-refractivity contribution is 7.92. The zero-order valence-corrected chi connectivity index (χ0v) is 19.1. The molecule has 1 aromatic heterocycles. The van der Waals surface area contributed by atoms with Crippen molar-refractivity contribution in [3.05, 3.63) is 83.7 Å². The molecule has 0 spiro atoms. The van der Waals surface area contributed by atoms with Crippen molar-refractivity contribution in [2.75, 3.05) is 16.3 Å². The number of amides is 1. The topological polar surface area (TPSA) is 114 Å². The molecule has 3 aromatic carbocycles. The molecule has 1 amide bonds. The molecule has 33 heavy (non-hydrogen) atoms. The molecule has 0 aliphatic carbocycles. The monoisotopic (exact) mass is 462 g/mol. The molecule has 0 atom stereocenters. The lowest BCUT2D eigenvalue weighted by atomic mass is 9.97. The lowest BCUT2D eigenvalue weighted by Gasteiger charge is -2.10. The summed E-state index contributed by atoms with van der Waals surface area (Å²) in [6, 6.07) is 19.6. The van der Waals surface area contributed by atoms with Gasteiger partial charge in [0, 0.05) is 29.4 Å². The Morgan fingerprint density at radius 3 is 2.09 bits per heavy atom. The van der Waals surface area contributed by atoms with Gasteiger partial charge in [0.25, 0.3) is 5.91 Å². The molecule has 0 fully saturated rings. The predicted octanol–water partition coefficient (Wildman–Crippen LogP) is 4.64. The fraction of sp³-hybridized carbons (Fsp3) is 0.125. The number of nitrogens with one attached hydrogen (secondary N) is 2. The van der Waals surface area contributed by atoms with Crippen LogP contribution in [-0.2, 0) is 10.0 Å². The van der Waals surface area contributed by atoms with Gasteiger partial charge in [0.2, 0.25) is 21.8 Å². The number of nitrogens with zero attached hydrogens (tertiary/aromatic N) is 2. The zero-order valence-electron chi connectivity index (χ0n) is 18.3. The molecule has 4 aromatic rings.